The lowest BCUT2D eigenvalue weighted by molar-refractivity contribution is -0.0214. The van der Waals surface area contributed by atoms with Crippen LogP contribution >= 0.6 is 0 Å². The number of fused-ring (bicyclic) bond motifs is 3. The maximum atomic E-state index is 12.0. The van der Waals surface area contributed by atoms with Gasteiger partial charge in [0, 0.05) is 49.3 Å². The number of hydroxylamine groups is 1. The lowest BCUT2D eigenvalue weighted by Crippen LogP contribution is -2.51. The number of ether oxygens (including phenoxy) is 2. The smallest absolute Gasteiger partial charge is 0.409 e. The highest BCUT2D eigenvalue weighted by molar-refractivity contribution is 5.85. The predicted octanol–water partition coefficient (Wildman–Crippen LogP) is 3.11. The van der Waals surface area contributed by atoms with Crippen LogP contribution in [0.2, 0.25) is 0 Å². The molecule has 2 aromatic rings. The van der Waals surface area contributed by atoms with Crippen molar-refractivity contribution in [3.05, 3.63) is 53.9 Å². The van der Waals surface area contributed by atoms with Crippen molar-refractivity contribution in [3.8, 4) is 5.75 Å². The van der Waals surface area contributed by atoms with Crippen LogP contribution in [0.15, 0.2) is 58.9 Å². The Hall–Kier alpha value is -4.12. The van der Waals surface area contributed by atoms with Gasteiger partial charge in [0.2, 0.25) is 0 Å². The second kappa shape index (κ2) is 8.83. The SMILES string of the molecule is CCOC(=O)N1CCN(c2cccc(NC34N=CC(C)=C(NO3)N4c3ccc4c(c3)NCO4)c2)CC1. The number of nitrogens with one attached hydrogen (secondary N) is 3. The van der Waals surface area contributed by atoms with Crippen molar-refractivity contribution in [2.75, 3.05) is 60.0 Å². The molecule has 11 nitrogen and oxygen atoms in total. The molecule has 2 aromatic carbocycles. The molecule has 2 saturated heterocycles. The first-order valence-corrected chi connectivity index (χ1v) is 12.1. The maximum absolute atomic E-state index is 12.0. The summed E-state index contributed by atoms with van der Waals surface area (Å²) in [7, 11) is 0. The van der Waals surface area contributed by atoms with E-state index in [0.717, 1.165) is 53.0 Å². The normalized spacial score (nSPS) is 22.1. The molecule has 4 aliphatic rings. The van der Waals surface area contributed by atoms with E-state index in [1.54, 1.807) is 4.90 Å². The fourth-order valence-electron chi connectivity index (χ4n) is 4.81. The molecular weight excluding hydrogens is 462 g/mol. The molecule has 6 rings (SSSR count). The minimum absolute atomic E-state index is 0.250. The molecule has 2 bridgehead atoms. The molecule has 11 heteroatoms. The van der Waals surface area contributed by atoms with Crippen LogP contribution in [-0.4, -0.2) is 62.7 Å². The minimum Gasteiger partial charge on any atom is -0.471 e. The average Bonchev–Trinajstić information content (AvgIpc) is 3.48. The zero-order chi connectivity index (χ0) is 24.7. The number of carbonyl (C=O) groups excluding carboxylic acids is 1. The van der Waals surface area contributed by atoms with Gasteiger partial charge in [0.15, 0.2) is 6.73 Å². The number of anilines is 4. The fraction of sp³-hybridized carbons (Fsp3) is 0.360. The number of hydrogen-bond acceptors (Lipinski definition) is 10. The van der Waals surface area contributed by atoms with Crippen LogP contribution in [0, 0.1) is 0 Å². The monoisotopic (exact) mass is 491 g/mol. The second-order valence-corrected chi connectivity index (χ2v) is 8.93. The summed E-state index contributed by atoms with van der Waals surface area (Å²) < 4.78 is 10.7. The Kier molecular flexibility index (Phi) is 5.48. The van der Waals surface area contributed by atoms with Gasteiger partial charge in [-0.15, -0.1) is 0 Å². The van der Waals surface area contributed by atoms with E-state index in [9.17, 15) is 4.79 Å². The third-order valence-corrected chi connectivity index (χ3v) is 6.66. The number of rotatable bonds is 5. The Morgan fingerprint density at radius 2 is 2.03 bits per heavy atom. The number of nitrogens with zero attached hydrogens (tertiary/aromatic N) is 4. The predicted molar refractivity (Wildman–Crippen MR) is 137 cm³/mol. The first kappa shape index (κ1) is 22.4. The zero-order valence-corrected chi connectivity index (χ0v) is 20.3. The number of benzene rings is 2. The highest BCUT2D eigenvalue weighted by Gasteiger charge is 2.49. The highest BCUT2D eigenvalue weighted by Crippen LogP contribution is 2.42. The Labute approximate surface area is 209 Å². The molecule has 188 valence electrons. The second-order valence-electron chi connectivity index (χ2n) is 8.93. The summed E-state index contributed by atoms with van der Waals surface area (Å²) in [4.78, 5) is 28.9. The average molecular weight is 492 g/mol. The largest absolute Gasteiger partial charge is 0.471 e. The molecule has 0 radical (unpaired) electrons. The van der Waals surface area contributed by atoms with E-state index >= 15 is 0 Å². The Morgan fingerprint density at radius 3 is 2.86 bits per heavy atom. The lowest BCUT2D eigenvalue weighted by atomic mass is 10.2. The number of allylic oxidation sites excluding steroid dienone is 1. The number of aliphatic imine (C=N–C) groups is 1. The first-order valence-electron chi connectivity index (χ1n) is 12.1. The van der Waals surface area contributed by atoms with Crippen molar-refractivity contribution < 1.29 is 19.1 Å². The van der Waals surface area contributed by atoms with E-state index in [1.165, 1.54) is 0 Å². The molecule has 4 aliphatic heterocycles. The van der Waals surface area contributed by atoms with Crippen LogP contribution in [0.5, 0.6) is 5.75 Å². The van der Waals surface area contributed by atoms with E-state index in [2.05, 4.69) is 33.1 Å². The Bertz CT molecular complexity index is 1240. The van der Waals surface area contributed by atoms with Gasteiger partial charge in [0.05, 0.1) is 18.0 Å². The molecule has 1 unspecified atom stereocenters. The van der Waals surface area contributed by atoms with E-state index in [4.69, 9.17) is 19.3 Å². The summed E-state index contributed by atoms with van der Waals surface area (Å²) in [6.07, 6.45) is 1.56. The number of piperazine rings is 1. The third-order valence-electron chi connectivity index (χ3n) is 6.66. The molecule has 0 spiro atoms. The Morgan fingerprint density at radius 1 is 1.17 bits per heavy atom. The summed E-state index contributed by atoms with van der Waals surface area (Å²) >= 11 is 0. The van der Waals surface area contributed by atoms with Crippen molar-refractivity contribution in [1.82, 2.24) is 10.4 Å². The molecule has 0 saturated carbocycles. The van der Waals surface area contributed by atoms with Crippen molar-refractivity contribution >= 4 is 35.1 Å². The van der Waals surface area contributed by atoms with Gasteiger partial charge in [-0.05, 0) is 50.2 Å². The van der Waals surface area contributed by atoms with Crippen LogP contribution in [0.25, 0.3) is 0 Å². The summed E-state index contributed by atoms with van der Waals surface area (Å²) in [5, 5.41) is 6.73. The van der Waals surface area contributed by atoms with Crippen LogP contribution in [0.3, 0.4) is 0 Å². The fourth-order valence-corrected chi connectivity index (χ4v) is 4.81. The van der Waals surface area contributed by atoms with E-state index in [1.807, 2.05) is 55.3 Å². The van der Waals surface area contributed by atoms with Gasteiger partial charge in [0.1, 0.15) is 11.6 Å². The third kappa shape index (κ3) is 3.81. The summed E-state index contributed by atoms with van der Waals surface area (Å²) in [5.41, 5.74) is 7.76. The van der Waals surface area contributed by atoms with Gasteiger partial charge < -0.3 is 29.9 Å². The van der Waals surface area contributed by atoms with Gasteiger partial charge in [0.25, 0.3) is 0 Å². The lowest BCUT2D eigenvalue weighted by Gasteiger charge is -2.37. The van der Waals surface area contributed by atoms with Crippen LogP contribution in [0.1, 0.15) is 13.8 Å². The minimum atomic E-state index is -1.19. The molecule has 0 aliphatic carbocycles. The molecular formula is C25H29N7O4. The summed E-state index contributed by atoms with van der Waals surface area (Å²) in [6.45, 7) is 7.35. The van der Waals surface area contributed by atoms with Crippen molar-refractivity contribution in [2.45, 2.75) is 19.8 Å². The molecule has 0 aromatic heterocycles. The van der Waals surface area contributed by atoms with Crippen LogP contribution in [-0.2, 0) is 9.57 Å². The number of carbonyl (C=O) groups is 1. The van der Waals surface area contributed by atoms with Gasteiger partial charge in [-0.2, -0.15) is 0 Å². The van der Waals surface area contributed by atoms with Crippen LogP contribution < -0.4 is 30.7 Å². The van der Waals surface area contributed by atoms with Crippen molar-refractivity contribution in [2.24, 2.45) is 4.99 Å². The summed E-state index contributed by atoms with van der Waals surface area (Å²) in [5.74, 6) is 0.454. The first-order chi connectivity index (χ1) is 17.6. The summed E-state index contributed by atoms with van der Waals surface area (Å²) in [6, 6.07) is 14.1. The van der Waals surface area contributed by atoms with Crippen LogP contribution in [0.4, 0.5) is 27.5 Å². The zero-order valence-electron chi connectivity index (χ0n) is 20.3. The quantitative estimate of drug-likeness (QED) is 0.582. The van der Waals surface area contributed by atoms with Gasteiger partial charge in [-0.25, -0.2) is 20.1 Å². The van der Waals surface area contributed by atoms with Gasteiger partial charge in [-0.3, -0.25) is 4.90 Å². The van der Waals surface area contributed by atoms with E-state index in [-0.39, 0.29) is 6.09 Å². The molecule has 36 heavy (non-hydrogen) atoms. The molecule has 3 N–H and O–H groups in total. The van der Waals surface area contributed by atoms with Gasteiger partial charge >= 0.3 is 12.1 Å². The highest BCUT2D eigenvalue weighted by atomic mass is 16.7. The molecule has 2 fully saturated rings. The van der Waals surface area contributed by atoms with Crippen molar-refractivity contribution in [1.29, 1.82) is 0 Å². The number of hydrogen-bond donors (Lipinski definition) is 3. The molecule has 4 heterocycles. The topological polar surface area (TPSA) is 103 Å². The Balaban J connectivity index is 1.23. The maximum Gasteiger partial charge on any atom is 0.409 e. The van der Waals surface area contributed by atoms with Gasteiger partial charge in [-0.1, -0.05) is 6.07 Å². The standard InChI is InChI=1S/C25H29N7O4/c1-3-34-24(33)31-11-9-30(10-12-31)19-6-4-5-18(13-19)28-25-27-15-17(2)23(29-36-25)32(25)20-7-8-22-21(14-20)26-16-35-22/h4-8,13-15,26,28-29H,3,9-12,16H2,1-2H3. The van der Waals surface area contributed by atoms with Crippen molar-refractivity contribution in [3.63, 3.8) is 0 Å². The number of amides is 1. The molecule has 1 amide bonds. The van der Waals surface area contributed by atoms with E-state index < -0.39 is 5.97 Å². The molecule has 1 atom stereocenters. The van der Waals surface area contributed by atoms with E-state index in [0.29, 0.717) is 26.4 Å².